The van der Waals surface area contributed by atoms with E-state index >= 15 is 0 Å². The number of rotatable bonds is 0. The van der Waals surface area contributed by atoms with Gasteiger partial charge in [0.05, 0.1) is 18.3 Å². The van der Waals surface area contributed by atoms with Crippen molar-refractivity contribution in [2.24, 2.45) is 0 Å². The first-order valence-electron chi connectivity index (χ1n) is 3.81. The Labute approximate surface area is 79.0 Å². The molecule has 0 unspecified atom stereocenters. The summed E-state index contributed by atoms with van der Waals surface area (Å²) in [6, 6.07) is 4.81. The molecule has 0 saturated carbocycles. The van der Waals surface area contributed by atoms with Crippen LogP contribution in [0.3, 0.4) is 0 Å². The van der Waals surface area contributed by atoms with Gasteiger partial charge < -0.3 is 5.11 Å². The van der Waals surface area contributed by atoms with E-state index < -0.39 is 6.09 Å². The second kappa shape index (κ2) is 2.85. The standard InChI is InChI=1S/C9H5N3O2/c1-10-7-3-2-6-5-11-12(9(13)14)8(6)4-7/h2-5H,(H,13,14). The molecule has 5 nitrogen and oxygen atoms in total. The summed E-state index contributed by atoms with van der Waals surface area (Å²) in [5.41, 5.74) is 0.839. The third-order valence-corrected chi connectivity index (χ3v) is 1.86. The Hall–Kier alpha value is -2.35. The van der Waals surface area contributed by atoms with Gasteiger partial charge in [-0.3, -0.25) is 0 Å². The van der Waals surface area contributed by atoms with E-state index in [9.17, 15) is 4.79 Å². The predicted octanol–water partition coefficient (Wildman–Crippen LogP) is 2.11. The number of benzene rings is 1. The van der Waals surface area contributed by atoms with E-state index in [-0.39, 0.29) is 0 Å². The SMILES string of the molecule is [C-]#[N+]c1ccc2cnn(C(=O)O)c2c1. The maximum absolute atomic E-state index is 10.7. The molecule has 1 heterocycles. The summed E-state index contributed by atoms with van der Waals surface area (Å²) in [6.07, 6.45) is 0.305. The lowest BCUT2D eigenvalue weighted by atomic mass is 10.2. The normalized spacial score (nSPS) is 9.93. The molecular weight excluding hydrogens is 182 g/mol. The Kier molecular flexibility index (Phi) is 1.68. The molecule has 14 heavy (non-hydrogen) atoms. The van der Waals surface area contributed by atoms with Gasteiger partial charge in [0.25, 0.3) is 0 Å². The topological polar surface area (TPSA) is 59.5 Å². The summed E-state index contributed by atoms with van der Waals surface area (Å²) in [7, 11) is 0. The molecule has 5 heteroatoms. The second-order valence-electron chi connectivity index (χ2n) is 2.69. The van der Waals surface area contributed by atoms with Crippen molar-refractivity contribution in [3.8, 4) is 0 Å². The highest BCUT2D eigenvalue weighted by atomic mass is 16.4. The molecule has 0 spiro atoms. The molecule has 0 bridgehead atoms. The highest BCUT2D eigenvalue weighted by Gasteiger charge is 2.08. The van der Waals surface area contributed by atoms with Crippen LogP contribution in [0.25, 0.3) is 15.7 Å². The lowest BCUT2D eigenvalue weighted by Crippen LogP contribution is -2.08. The summed E-state index contributed by atoms with van der Waals surface area (Å²) in [6.45, 7) is 6.80. The van der Waals surface area contributed by atoms with Gasteiger partial charge in [0, 0.05) is 5.39 Å². The van der Waals surface area contributed by atoms with Crippen LogP contribution in [0, 0.1) is 6.57 Å². The zero-order valence-corrected chi connectivity index (χ0v) is 7.01. The fraction of sp³-hybridized carbons (Fsp3) is 0. The molecule has 0 aliphatic rings. The quantitative estimate of drug-likeness (QED) is 0.642. The molecule has 2 aromatic rings. The van der Waals surface area contributed by atoms with Crippen molar-refractivity contribution in [3.63, 3.8) is 0 Å². The third kappa shape index (κ3) is 1.10. The molecule has 0 aliphatic heterocycles. The molecular formula is C9H5N3O2. The van der Waals surface area contributed by atoms with E-state index in [2.05, 4.69) is 9.94 Å². The van der Waals surface area contributed by atoms with Crippen molar-refractivity contribution in [1.29, 1.82) is 0 Å². The van der Waals surface area contributed by atoms with E-state index in [0.29, 0.717) is 16.6 Å². The molecule has 2 rings (SSSR count). The molecule has 0 atom stereocenters. The average Bonchev–Trinajstić information content (AvgIpc) is 2.59. The van der Waals surface area contributed by atoms with Crippen LogP contribution in [-0.4, -0.2) is 21.0 Å². The summed E-state index contributed by atoms with van der Waals surface area (Å²) in [5.74, 6) is 0. The fourth-order valence-corrected chi connectivity index (χ4v) is 1.23. The minimum atomic E-state index is -1.15. The van der Waals surface area contributed by atoms with Gasteiger partial charge in [0.2, 0.25) is 0 Å². The van der Waals surface area contributed by atoms with Crippen LogP contribution in [0.4, 0.5) is 10.5 Å². The van der Waals surface area contributed by atoms with Crippen molar-refractivity contribution >= 4 is 22.7 Å². The third-order valence-electron chi connectivity index (χ3n) is 1.86. The second-order valence-corrected chi connectivity index (χ2v) is 2.69. The molecule has 0 radical (unpaired) electrons. The summed E-state index contributed by atoms with van der Waals surface area (Å²) in [4.78, 5) is 13.9. The van der Waals surface area contributed by atoms with Crippen LogP contribution >= 0.6 is 0 Å². The highest BCUT2D eigenvalue weighted by Crippen LogP contribution is 2.20. The van der Waals surface area contributed by atoms with Crippen LogP contribution in [0.1, 0.15) is 0 Å². The Morgan fingerprint density at radius 2 is 2.36 bits per heavy atom. The van der Waals surface area contributed by atoms with Crippen molar-refractivity contribution in [1.82, 2.24) is 9.78 Å². The van der Waals surface area contributed by atoms with Crippen LogP contribution in [0.2, 0.25) is 0 Å². The van der Waals surface area contributed by atoms with Crippen LogP contribution < -0.4 is 0 Å². The summed E-state index contributed by atoms with van der Waals surface area (Å²) in [5, 5.41) is 13.2. The van der Waals surface area contributed by atoms with Gasteiger partial charge in [-0.15, -0.1) is 0 Å². The van der Waals surface area contributed by atoms with E-state index in [4.69, 9.17) is 11.7 Å². The molecule has 0 amide bonds. The Bertz CT molecular complexity index is 551. The smallest absolute Gasteiger partial charge is 0.432 e. The lowest BCUT2D eigenvalue weighted by Gasteiger charge is -1.95. The minimum Gasteiger partial charge on any atom is -0.463 e. The number of carboxylic acid groups (broad SMARTS) is 1. The molecule has 0 fully saturated rings. The number of carbonyl (C=O) groups is 1. The Morgan fingerprint density at radius 1 is 1.57 bits per heavy atom. The number of hydrogen-bond donors (Lipinski definition) is 1. The van der Waals surface area contributed by atoms with E-state index in [1.54, 1.807) is 12.1 Å². The number of fused-ring (bicyclic) bond motifs is 1. The Balaban J connectivity index is 2.77. The van der Waals surface area contributed by atoms with Crippen molar-refractivity contribution in [3.05, 3.63) is 35.8 Å². The van der Waals surface area contributed by atoms with Gasteiger partial charge in [-0.25, -0.2) is 9.64 Å². The zero-order valence-electron chi connectivity index (χ0n) is 7.01. The lowest BCUT2D eigenvalue weighted by molar-refractivity contribution is 0.194. The highest BCUT2D eigenvalue weighted by molar-refractivity contribution is 5.89. The molecule has 1 aromatic heterocycles. The van der Waals surface area contributed by atoms with E-state index in [1.165, 1.54) is 12.3 Å². The van der Waals surface area contributed by atoms with Crippen molar-refractivity contribution in [2.75, 3.05) is 0 Å². The minimum absolute atomic E-state index is 0.403. The van der Waals surface area contributed by atoms with Crippen molar-refractivity contribution < 1.29 is 9.90 Å². The van der Waals surface area contributed by atoms with Gasteiger partial charge in [0.15, 0.2) is 5.69 Å². The van der Waals surface area contributed by atoms with Crippen molar-refractivity contribution in [2.45, 2.75) is 0 Å². The van der Waals surface area contributed by atoms with E-state index in [0.717, 1.165) is 4.68 Å². The maximum atomic E-state index is 10.7. The number of aromatic nitrogens is 2. The van der Waals surface area contributed by atoms with Crippen LogP contribution in [-0.2, 0) is 0 Å². The fourth-order valence-electron chi connectivity index (χ4n) is 1.23. The molecule has 0 aliphatic carbocycles. The maximum Gasteiger partial charge on any atom is 0.432 e. The van der Waals surface area contributed by atoms with Gasteiger partial charge in [-0.05, 0) is 6.07 Å². The first-order chi connectivity index (χ1) is 6.72. The molecule has 1 N–H and O–H groups in total. The monoisotopic (exact) mass is 187 g/mol. The van der Waals surface area contributed by atoms with Gasteiger partial charge >= 0.3 is 6.09 Å². The van der Waals surface area contributed by atoms with Gasteiger partial charge in [-0.2, -0.15) is 9.78 Å². The van der Waals surface area contributed by atoms with Gasteiger partial charge in [0.1, 0.15) is 0 Å². The number of nitrogens with zero attached hydrogens (tertiary/aromatic N) is 3. The first-order valence-corrected chi connectivity index (χ1v) is 3.81. The largest absolute Gasteiger partial charge is 0.463 e. The first kappa shape index (κ1) is 8.26. The Morgan fingerprint density at radius 3 is 3.00 bits per heavy atom. The molecule has 0 saturated heterocycles. The predicted molar refractivity (Wildman–Crippen MR) is 49.4 cm³/mol. The zero-order chi connectivity index (χ0) is 10.1. The molecule has 1 aromatic carbocycles. The number of hydrogen-bond acceptors (Lipinski definition) is 2. The van der Waals surface area contributed by atoms with Gasteiger partial charge in [-0.1, -0.05) is 12.1 Å². The average molecular weight is 187 g/mol. The van der Waals surface area contributed by atoms with Crippen LogP contribution in [0.5, 0.6) is 0 Å². The summed E-state index contributed by atoms with van der Waals surface area (Å²) >= 11 is 0. The van der Waals surface area contributed by atoms with E-state index in [1.807, 2.05) is 0 Å². The summed E-state index contributed by atoms with van der Waals surface area (Å²) < 4.78 is 0.851. The van der Waals surface area contributed by atoms with Crippen LogP contribution in [0.15, 0.2) is 24.4 Å². The molecule has 68 valence electrons.